The maximum atomic E-state index is 13.4. The van der Waals surface area contributed by atoms with Crippen LogP contribution < -0.4 is 5.01 Å². The largest absolute Gasteiger partial charge is 0.394 e. The van der Waals surface area contributed by atoms with Gasteiger partial charge in [0, 0.05) is 0 Å². The quantitative estimate of drug-likeness (QED) is 0.748. The number of halogens is 2. The van der Waals surface area contributed by atoms with Crippen molar-refractivity contribution in [2.24, 2.45) is 5.10 Å². The van der Waals surface area contributed by atoms with Gasteiger partial charge in [-0.2, -0.15) is 5.10 Å². The summed E-state index contributed by atoms with van der Waals surface area (Å²) in [4.78, 5) is 0. The molecule has 0 fully saturated rings. The van der Waals surface area contributed by atoms with Crippen LogP contribution in [0.4, 0.5) is 14.5 Å². The van der Waals surface area contributed by atoms with Crippen LogP contribution in [0.5, 0.6) is 0 Å². The van der Waals surface area contributed by atoms with Gasteiger partial charge >= 0.3 is 0 Å². The molecule has 0 spiro atoms. The maximum Gasteiger partial charge on any atom is 0.123 e. The van der Waals surface area contributed by atoms with Crippen molar-refractivity contribution in [1.82, 2.24) is 0 Å². The number of hydrazone groups is 1. The molecule has 1 aliphatic rings. The van der Waals surface area contributed by atoms with E-state index in [2.05, 4.69) is 0 Å². The summed E-state index contributed by atoms with van der Waals surface area (Å²) in [5.74, 6) is -0.923. The minimum Gasteiger partial charge on any atom is -0.394 e. The predicted octanol–water partition coefficient (Wildman–Crippen LogP) is 4.33. The highest BCUT2D eigenvalue weighted by Crippen LogP contribution is 2.37. The van der Waals surface area contributed by atoms with E-state index in [1.165, 1.54) is 24.3 Å². The van der Waals surface area contributed by atoms with E-state index in [1.54, 1.807) is 29.3 Å². The Morgan fingerprint density at radius 1 is 0.815 bits per heavy atom. The molecule has 3 nitrogen and oxygen atoms in total. The molecular weight excluding hydrogens is 346 g/mol. The molecule has 3 aromatic carbocycles. The fourth-order valence-corrected chi connectivity index (χ4v) is 3.50. The summed E-state index contributed by atoms with van der Waals surface area (Å²) < 4.78 is 26.8. The lowest BCUT2D eigenvalue weighted by molar-refractivity contribution is 0.259. The van der Waals surface area contributed by atoms with Gasteiger partial charge in [-0.15, -0.1) is 0 Å². The van der Waals surface area contributed by atoms with Crippen LogP contribution in [0.25, 0.3) is 0 Å². The van der Waals surface area contributed by atoms with Crippen molar-refractivity contribution in [3.05, 3.63) is 102 Å². The van der Waals surface area contributed by atoms with Gasteiger partial charge in [-0.05, 0) is 47.5 Å². The molecule has 0 saturated carbocycles. The van der Waals surface area contributed by atoms with Gasteiger partial charge in [0.15, 0.2) is 0 Å². The van der Waals surface area contributed by atoms with Crippen molar-refractivity contribution >= 4 is 11.4 Å². The van der Waals surface area contributed by atoms with E-state index in [0.717, 1.165) is 16.8 Å². The number of hydrogen-bond acceptors (Lipinski definition) is 3. The van der Waals surface area contributed by atoms with Crippen molar-refractivity contribution in [2.45, 2.75) is 12.0 Å². The number of benzene rings is 3. The van der Waals surface area contributed by atoms with Crippen LogP contribution in [0.2, 0.25) is 0 Å². The first-order valence-corrected chi connectivity index (χ1v) is 8.72. The highest BCUT2D eigenvalue weighted by molar-refractivity contribution is 6.08. The summed E-state index contributed by atoms with van der Waals surface area (Å²) in [5.41, 5.74) is 3.17. The van der Waals surface area contributed by atoms with Crippen molar-refractivity contribution in [3.63, 3.8) is 0 Å². The molecule has 2 atom stereocenters. The van der Waals surface area contributed by atoms with Crippen LogP contribution in [0.1, 0.15) is 17.0 Å². The van der Waals surface area contributed by atoms with Crippen molar-refractivity contribution in [1.29, 1.82) is 0 Å². The normalized spacial score (nSPS) is 19.2. The van der Waals surface area contributed by atoms with E-state index < -0.39 is 0 Å². The summed E-state index contributed by atoms with van der Waals surface area (Å²) in [7, 11) is 0. The third-order valence-corrected chi connectivity index (χ3v) is 4.79. The summed E-state index contributed by atoms with van der Waals surface area (Å²) >= 11 is 0. The fourth-order valence-electron chi connectivity index (χ4n) is 3.50. The van der Waals surface area contributed by atoms with Gasteiger partial charge in [0.1, 0.15) is 11.6 Å². The summed E-state index contributed by atoms with van der Waals surface area (Å²) in [6.45, 7) is -0.134. The number of aliphatic hydroxyl groups is 1. The van der Waals surface area contributed by atoms with Crippen LogP contribution in [-0.2, 0) is 0 Å². The van der Waals surface area contributed by atoms with Crippen LogP contribution in [0, 0.1) is 11.6 Å². The average Bonchev–Trinajstić information content (AvgIpc) is 3.09. The molecule has 3 aromatic rings. The van der Waals surface area contributed by atoms with Crippen molar-refractivity contribution < 1.29 is 13.9 Å². The number of nitrogens with zero attached hydrogens (tertiary/aromatic N) is 2. The molecule has 0 amide bonds. The van der Waals surface area contributed by atoms with Gasteiger partial charge in [0.2, 0.25) is 0 Å². The number of para-hydroxylation sites is 1. The second-order valence-corrected chi connectivity index (χ2v) is 6.45. The topological polar surface area (TPSA) is 35.8 Å². The molecule has 0 aromatic heterocycles. The summed E-state index contributed by atoms with van der Waals surface area (Å²) in [5, 5.41) is 16.7. The van der Waals surface area contributed by atoms with E-state index in [1.807, 2.05) is 30.3 Å². The van der Waals surface area contributed by atoms with Gasteiger partial charge in [-0.1, -0.05) is 42.5 Å². The summed E-state index contributed by atoms with van der Waals surface area (Å²) in [6.07, 6.45) is 0. The summed E-state index contributed by atoms with van der Waals surface area (Å²) in [6, 6.07) is 21.5. The molecule has 4 rings (SSSR count). The Bertz CT molecular complexity index is 940. The maximum absolute atomic E-state index is 13.4. The molecule has 27 heavy (non-hydrogen) atoms. The van der Waals surface area contributed by atoms with Gasteiger partial charge in [0.25, 0.3) is 0 Å². The molecule has 0 radical (unpaired) electrons. The lowest BCUT2D eigenvalue weighted by atomic mass is 9.85. The van der Waals surface area contributed by atoms with Crippen LogP contribution >= 0.6 is 0 Å². The second kappa shape index (κ2) is 7.29. The van der Waals surface area contributed by atoms with Crippen LogP contribution in [-0.4, -0.2) is 23.5 Å². The zero-order valence-electron chi connectivity index (χ0n) is 14.5. The Balaban J connectivity index is 1.84. The molecule has 1 heterocycles. The highest BCUT2D eigenvalue weighted by atomic mass is 19.1. The van der Waals surface area contributed by atoms with Gasteiger partial charge in [0.05, 0.1) is 30.0 Å². The van der Waals surface area contributed by atoms with Gasteiger partial charge in [-0.25, -0.2) is 8.78 Å². The van der Waals surface area contributed by atoms with Gasteiger partial charge < -0.3 is 5.11 Å². The van der Waals surface area contributed by atoms with E-state index >= 15 is 0 Å². The molecule has 0 saturated heterocycles. The third-order valence-electron chi connectivity index (χ3n) is 4.79. The smallest absolute Gasteiger partial charge is 0.123 e. The van der Waals surface area contributed by atoms with E-state index in [0.29, 0.717) is 5.71 Å². The molecular formula is C22H18F2N2O. The molecule has 0 unspecified atom stereocenters. The zero-order chi connectivity index (χ0) is 18.8. The van der Waals surface area contributed by atoms with Crippen molar-refractivity contribution in [2.75, 3.05) is 11.6 Å². The molecule has 5 heteroatoms. The first-order valence-electron chi connectivity index (χ1n) is 8.72. The first-order chi connectivity index (χ1) is 13.2. The molecule has 1 aliphatic heterocycles. The predicted molar refractivity (Wildman–Crippen MR) is 102 cm³/mol. The molecule has 0 bridgehead atoms. The van der Waals surface area contributed by atoms with E-state index in [-0.39, 0.29) is 30.2 Å². The monoisotopic (exact) mass is 364 g/mol. The Morgan fingerprint density at radius 3 is 2.00 bits per heavy atom. The van der Waals surface area contributed by atoms with Crippen molar-refractivity contribution in [3.8, 4) is 0 Å². The number of aliphatic hydroxyl groups excluding tert-OH is 1. The van der Waals surface area contributed by atoms with Crippen LogP contribution in [0.3, 0.4) is 0 Å². The number of rotatable bonds is 4. The third kappa shape index (κ3) is 3.34. The van der Waals surface area contributed by atoms with Crippen LogP contribution in [0.15, 0.2) is 84.0 Å². The number of hydrogen-bond donors (Lipinski definition) is 1. The fraction of sp³-hybridized carbons (Fsp3) is 0.136. The lowest BCUT2D eigenvalue weighted by Crippen LogP contribution is -2.35. The van der Waals surface area contributed by atoms with E-state index in [9.17, 15) is 13.9 Å². The van der Waals surface area contributed by atoms with E-state index in [4.69, 9.17) is 5.10 Å². The van der Waals surface area contributed by atoms with Gasteiger partial charge in [-0.3, -0.25) is 5.01 Å². The second-order valence-electron chi connectivity index (χ2n) is 6.45. The average molecular weight is 364 g/mol. The Kier molecular flexibility index (Phi) is 4.69. The Morgan fingerprint density at radius 2 is 1.41 bits per heavy atom. The molecule has 0 aliphatic carbocycles. The Hall–Kier alpha value is -3.05. The SMILES string of the molecule is OC[C@@H]1[C@@H](c2ccc(F)cc2)C(c2ccc(F)cc2)=NN1c1ccccc1. The number of anilines is 1. The lowest BCUT2D eigenvalue weighted by Gasteiger charge is -2.26. The standard InChI is InChI=1S/C22H18F2N2O/c23-17-10-6-15(7-11-17)21-20(14-27)26(19-4-2-1-3-5-19)25-22(21)16-8-12-18(24)13-9-16/h1-13,20-21,27H,14H2/t20-,21-/m1/s1. The molecule has 136 valence electrons. The highest BCUT2D eigenvalue weighted by Gasteiger charge is 2.39. The Labute approximate surface area is 156 Å². The first kappa shape index (κ1) is 17.4. The minimum atomic E-state index is -0.349. The minimum absolute atomic E-state index is 0.134. The molecule has 1 N–H and O–H groups in total. The zero-order valence-corrected chi connectivity index (χ0v) is 14.5.